The number of carbonyl (C=O) groups excluding carboxylic acids is 3. The van der Waals surface area contributed by atoms with Gasteiger partial charge in [-0.25, -0.2) is 4.98 Å². The third-order valence-electron chi connectivity index (χ3n) is 10.8. The Morgan fingerprint density at radius 3 is 2.43 bits per heavy atom. The minimum atomic E-state index is -1.07. The topological polar surface area (TPSA) is 152 Å². The van der Waals surface area contributed by atoms with Gasteiger partial charge in [0.05, 0.1) is 12.0 Å². The van der Waals surface area contributed by atoms with Crippen molar-refractivity contribution in [3.8, 4) is 0 Å². The molecule has 2 heterocycles. The number of amides is 3. The van der Waals surface area contributed by atoms with E-state index in [0.29, 0.717) is 18.0 Å². The summed E-state index contributed by atoms with van der Waals surface area (Å²) in [7, 11) is 1.96. The van der Waals surface area contributed by atoms with Crippen LogP contribution in [0, 0.1) is 25.7 Å². The van der Waals surface area contributed by atoms with E-state index >= 15 is 0 Å². The number of aliphatic carboxylic acids is 1. The van der Waals surface area contributed by atoms with E-state index in [1.807, 2.05) is 97.1 Å². The number of aliphatic hydroxyl groups is 1. The number of likely N-dealkylation sites (tertiary alicyclic amines) is 1. The Balaban J connectivity index is 1.50. The first-order valence-electron chi connectivity index (χ1n) is 19.3. The third kappa shape index (κ3) is 11.2. The maximum absolute atomic E-state index is 14.7. The van der Waals surface area contributed by atoms with Crippen LogP contribution in [0.4, 0.5) is 0 Å². The SMILES string of the molecule is CCC(C)C(NC(=O)C1CCCCN1C)C(=O)N(Cc1ccccc1)[C@H](C[C@@H](O)c1nc(C(=O)NCC[C@@H](C(=O)O)c2cc(C)ccc2C)cs1)C(C)C. The lowest BCUT2D eigenvalue weighted by atomic mass is 9.91. The molecule has 6 atom stereocenters. The summed E-state index contributed by atoms with van der Waals surface area (Å²) >= 11 is 1.17. The Morgan fingerprint density at radius 2 is 1.78 bits per heavy atom. The summed E-state index contributed by atoms with van der Waals surface area (Å²) < 4.78 is 0. The van der Waals surface area contributed by atoms with Crippen molar-refractivity contribution in [2.24, 2.45) is 11.8 Å². The number of likely N-dealkylation sites (N-methyl/N-ethyl adjacent to an activating group) is 1. The highest BCUT2D eigenvalue weighted by Crippen LogP contribution is 2.30. The molecule has 1 aliphatic heterocycles. The van der Waals surface area contributed by atoms with Gasteiger partial charge in [-0.2, -0.15) is 0 Å². The van der Waals surface area contributed by atoms with Crippen LogP contribution >= 0.6 is 11.3 Å². The second kappa shape index (κ2) is 20.0. The number of aromatic nitrogens is 1. The maximum atomic E-state index is 14.7. The molecule has 0 saturated carbocycles. The first-order chi connectivity index (χ1) is 25.7. The van der Waals surface area contributed by atoms with E-state index in [4.69, 9.17) is 0 Å². The van der Waals surface area contributed by atoms with Crippen molar-refractivity contribution in [1.82, 2.24) is 25.4 Å². The number of aliphatic hydroxyl groups excluding tert-OH is 1. The van der Waals surface area contributed by atoms with Crippen molar-refractivity contribution in [3.63, 3.8) is 0 Å². The van der Waals surface area contributed by atoms with Crippen LogP contribution in [0.1, 0.15) is 116 Å². The van der Waals surface area contributed by atoms with Crippen molar-refractivity contribution in [1.29, 1.82) is 0 Å². The van der Waals surface area contributed by atoms with E-state index in [-0.39, 0.29) is 54.8 Å². The lowest BCUT2D eigenvalue weighted by Crippen LogP contribution is -2.58. The summed E-state index contributed by atoms with van der Waals surface area (Å²) in [5.74, 6) is -2.68. The Kier molecular flexibility index (Phi) is 15.8. The van der Waals surface area contributed by atoms with Gasteiger partial charge in [0.25, 0.3) is 5.91 Å². The lowest BCUT2D eigenvalue weighted by Gasteiger charge is -2.40. The molecular formula is C42H59N5O6S. The number of hydrogen-bond donors (Lipinski definition) is 4. The van der Waals surface area contributed by atoms with Gasteiger partial charge < -0.3 is 25.7 Å². The van der Waals surface area contributed by atoms with E-state index in [1.165, 1.54) is 11.3 Å². The fourth-order valence-electron chi connectivity index (χ4n) is 7.26. The molecule has 0 aliphatic carbocycles. The number of thiazole rings is 1. The van der Waals surface area contributed by atoms with Crippen molar-refractivity contribution >= 4 is 35.0 Å². The number of carbonyl (C=O) groups is 4. The molecule has 11 nitrogen and oxygen atoms in total. The molecule has 1 saturated heterocycles. The predicted molar refractivity (Wildman–Crippen MR) is 212 cm³/mol. The van der Waals surface area contributed by atoms with Crippen LogP contribution in [0.3, 0.4) is 0 Å². The largest absolute Gasteiger partial charge is 0.481 e. The highest BCUT2D eigenvalue weighted by atomic mass is 32.1. The minimum absolute atomic E-state index is 0.0629. The molecule has 54 heavy (non-hydrogen) atoms. The van der Waals surface area contributed by atoms with Gasteiger partial charge in [0, 0.05) is 30.9 Å². The zero-order valence-corrected chi connectivity index (χ0v) is 33.7. The average molecular weight is 762 g/mol. The van der Waals surface area contributed by atoms with Gasteiger partial charge in [-0.3, -0.25) is 24.1 Å². The summed E-state index contributed by atoms with van der Waals surface area (Å²) in [6, 6.07) is 14.0. The van der Waals surface area contributed by atoms with Gasteiger partial charge in [-0.05, 0) is 75.2 Å². The Morgan fingerprint density at radius 1 is 1.06 bits per heavy atom. The van der Waals surface area contributed by atoms with Gasteiger partial charge in [0.1, 0.15) is 22.8 Å². The fraction of sp³-hybridized carbons (Fsp3) is 0.548. The fourth-order valence-corrected chi connectivity index (χ4v) is 8.05. The smallest absolute Gasteiger partial charge is 0.311 e. The van der Waals surface area contributed by atoms with Crippen LogP contribution in [-0.2, 0) is 20.9 Å². The quantitative estimate of drug-likeness (QED) is 0.119. The second-order valence-electron chi connectivity index (χ2n) is 15.2. The summed E-state index contributed by atoms with van der Waals surface area (Å²) in [5.41, 5.74) is 3.65. The molecule has 3 unspecified atom stereocenters. The highest BCUT2D eigenvalue weighted by Gasteiger charge is 2.38. The summed E-state index contributed by atoms with van der Waals surface area (Å²) in [6.45, 7) is 13.1. The molecule has 3 aromatic rings. The van der Waals surface area contributed by atoms with Crippen LogP contribution < -0.4 is 10.6 Å². The van der Waals surface area contributed by atoms with Crippen LogP contribution in [0.2, 0.25) is 0 Å². The first-order valence-corrected chi connectivity index (χ1v) is 20.2. The number of hydrogen-bond acceptors (Lipinski definition) is 8. The van der Waals surface area contributed by atoms with Crippen LogP contribution in [-0.4, -0.2) is 87.0 Å². The number of piperidine rings is 1. The van der Waals surface area contributed by atoms with E-state index in [0.717, 1.165) is 48.1 Å². The number of carboxylic acid groups (broad SMARTS) is 1. The number of benzene rings is 2. The van der Waals surface area contributed by atoms with E-state index in [1.54, 1.807) is 10.3 Å². The zero-order valence-electron chi connectivity index (χ0n) is 32.9. The first kappa shape index (κ1) is 42.6. The highest BCUT2D eigenvalue weighted by molar-refractivity contribution is 7.09. The third-order valence-corrected chi connectivity index (χ3v) is 11.8. The zero-order chi connectivity index (χ0) is 39.5. The number of aryl methyl sites for hydroxylation is 2. The molecule has 1 fully saturated rings. The molecule has 4 N–H and O–H groups in total. The summed E-state index contributed by atoms with van der Waals surface area (Å²) in [5, 5.41) is 29.4. The van der Waals surface area contributed by atoms with Crippen molar-refractivity contribution in [2.45, 2.75) is 117 Å². The van der Waals surface area contributed by atoms with Gasteiger partial charge in [0.15, 0.2) is 0 Å². The summed E-state index contributed by atoms with van der Waals surface area (Å²) in [6.07, 6.45) is 2.78. The molecule has 3 amide bonds. The molecular weight excluding hydrogens is 703 g/mol. The standard InChI is InChI=1S/C42H59N5O6S/c1-8-28(5)37(45-39(50)34-16-12-13-21-46(34)7)41(51)47(24-30-14-10-9-11-15-30)35(26(2)3)23-36(48)40-44-33(25-54-40)38(49)43-20-19-31(42(52)53)32-22-27(4)17-18-29(32)6/h9-11,14-15,17-18,22,25-26,28,31,34-37,48H,8,12-13,16,19-21,23-24H2,1-7H3,(H,43,49)(H,45,50)(H,52,53)/t28?,31-,34?,35-,36-,37?/m1/s1. The monoisotopic (exact) mass is 761 g/mol. The minimum Gasteiger partial charge on any atom is -0.481 e. The average Bonchev–Trinajstić information content (AvgIpc) is 3.65. The van der Waals surface area contributed by atoms with Gasteiger partial charge in [0.2, 0.25) is 11.8 Å². The number of nitrogens with one attached hydrogen (secondary N) is 2. The number of carboxylic acids is 1. The Labute approximate surface area is 324 Å². The molecule has 4 rings (SSSR count). The predicted octanol–water partition coefficient (Wildman–Crippen LogP) is 6.24. The summed E-state index contributed by atoms with van der Waals surface area (Å²) in [4.78, 5) is 62.0. The Bertz CT molecular complexity index is 1710. The van der Waals surface area contributed by atoms with Gasteiger partial charge >= 0.3 is 5.97 Å². The van der Waals surface area contributed by atoms with Crippen LogP contribution in [0.25, 0.3) is 0 Å². The van der Waals surface area contributed by atoms with Gasteiger partial charge in [-0.1, -0.05) is 94.6 Å². The normalized spacial score (nSPS) is 17.6. The maximum Gasteiger partial charge on any atom is 0.311 e. The molecule has 12 heteroatoms. The number of rotatable bonds is 18. The molecule has 0 radical (unpaired) electrons. The molecule has 294 valence electrons. The van der Waals surface area contributed by atoms with Crippen molar-refractivity contribution in [2.75, 3.05) is 20.1 Å². The van der Waals surface area contributed by atoms with Crippen molar-refractivity contribution in [3.05, 3.63) is 86.9 Å². The molecule has 0 bridgehead atoms. The molecule has 1 aromatic heterocycles. The Hall–Kier alpha value is -4.13. The van der Waals surface area contributed by atoms with E-state index < -0.39 is 36.0 Å². The second-order valence-corrected chi connectivity index (χ2v) is 16.1. The molecule has 0 spiro atoms. The van der Waals surface area contributed by atoms with Gasteiger partial charge in [-0.15, -0.1) is 11.3 Å². The van der Waals surface area contributed by atoms with Crippen molar-refractivity contribution < 1.29 is 29.4 Å². The number of nitrogens with zero attached hydrogens (tertiary/aromatic N) is 3. The lowest BCUT2D eigenvalue weighted by molar-refractivity contribution is -0.143. The van der Waals surface area contributed by atoms with Crippen LogP contribution in [0.5, 0.6) is 0 Å². The van der Waals surface area contributed by atoms with E-state index in [2.05, 4.69) is 20.5 Å². The van der Waals surface area contributed by atoms with E-state index in [9.17, 15) is 29.4 Å². The van der Waals surface area contributed by atoms with Crippen LogP contribution in [0.15, 0.2) is 53.9 Å². The molecule has 2 aromatic carbocycles. The molecule has 1 aliphatic rings.